The number of pyridine rings is 1. The summed E-state index contributed by atoms with van der Waals surface area (Å²) in [6, 6.07) is 4.61. The standard InChI is InChI=1S/C15H8F6N2O2/c1-7-4-9(10(6-22)13(24)23-7)8-2-3-12(25-15(19,20)21)11(5-8)14(16,17)18/h2-5H,1H3,(H,23,24). The minimum absolute atomic E-state index is 0.132. The van der Waals surface area contributed by atoms with E-state index in [0.717, 1.165) is 6.07 Å². The molecule has 1 aromatic heterocycles. The largest absolute Gasteiger partial charge is 0.573 e. The lowest BCUT2D eigenvalue weighted by Gasteiger charge is -2.17. The molecule has 25 heavy (non-hydrogen) atoms. The molecule has 0 spiro atoms. The summed E-state index contributed by atoms with van der Waals surface area (Å²) in [5.41, 5.74) is -3.06. The van der Waals surface area contributed by atoms with Crippen molar-refractivity contribution in [1.82, 2.24) is 4.98 Å². The van der Waals surface area contributed by atoms with E-state index in [1.807, 2.05) is 0 Å². The Labute approximate surface area is 136 Å². The number of hydrogen-bond acceptors (Lipinski definition) is 3. The first-order chi connectivity index (χ1) is 11.4. The Bertz CT molecular complexity index is 906. The van der Waals surface area contributed by atoms with Crippen LogP contribution in [0.2, 0.25) is 0 Å². The van der Waals surface area contributed by atoms with E-state index < -0.39 is 35.0 Å². The summed E-state index contributed by atoms with van der Waals surface area (Å²) >= 11 is 0. The van der Waals surface area contributed by atoms with Crippen molar-refractivity contribution in [3.05, 3.63) is 51.4 Å². The van der Waals surface area contributed by atoms with Gasteiger partial charge >= 0.3 is 12.5 Å². The molecule has 4 nitrogen and oxygen atoms in total. The molecule has 0 saturated heterocycles. The molecule has 0 unspecified atom stereocenters. The van der Waals surface area contributed by atoms with Gasteiger partial charge in [-0.3, -0.25) is 4.79 Å². The predicted octanol–water partition coefficient (Wildman–Crippen LogP) is 4.14. The molecule has 2 aromatic rings. The molecule has 0 aliphatic rings. The number of H-pyrrole nitrogens is 1. The molecular weight excluding hydrogens is 354 g/mol. The van der Waals surface area contributed by atoms with Gasteiger partial charge < -0.3 is 9.72 Å². The molecule has 0 atom stereocenters. The first-order valence-electron chi connectivity index (χ1n) is 6.54. The fourth-order valence-electron chi connectivity index (χ4n) is 2.16. The van der Waals surface area contributed by atoms with Crippen molar-refractivity contribution in [2.45, 2.75) is 19.5 Å². The van der Waals surface area contributed by atoms with Crippen LogP contribution in [0.4, 0.5) is 26.3 Å². The molecule has 1 heterocycles. The highest BCUT2D eigenvalue weighted by Gasteiger charge is 2.39. The normalized spacial score (nSPS) is 11.9. The van der Waals surface area contributed by atoms with Gasteiger partial charge in [0.05, 0.1) is 5.56 Å². The van der Waals surface area contributed by atoms with E-state index in [0.29, 0.717) is 12.1 Å². The molecule has 0 aliphatic heterocycles. The highest BCUT2D eigenvalue weighted by molar-refractivity contribution is 5.72. The summed E-state index contributed by atoms with van der Waals surface area (Å²) in [4.78, 5) is 14.0. The fraction of sp³-hybridized carbons (Fsp3) is 0.200. The van der Waals surface area contributed by atoms with Crippen LogP contribution in [0.1, 0.15) is 16.8 Å². The quantitative estimate of drug-likeness (QED) is 0.817. The van der Waals surface area contributed by atoms with Crippen molar-refractivity contribution in [1.29, 1.82) is 5.26 Å². The molecule has 132 valence electrons. The number of aromatic nitrogens is 1. The van der Waals surface area contributed by atoms with Gasteiger partial charge in [-0.2, -0.15) is 18.4 Å². The first-order valence-corrected chi connectivity index (χ1v) is 6.54. The predicted molar refractivity (Wildman–Crippen MR) is 73.6 cm³/mol. The number of nitrogens with one attached hydrogen (secondary N) is 1. The molecule has 10 heteroatoms. The van der Waals surface area contributed by atoms with Crippen LogP contribution in [0.15, 0.2) is 29.1 Å². The number of benzene rings is 1. The fourth-order valence-corrected chi connectivity index (χ4v) is 2.16. The number of halogens is 6. The summed E-state index contributed by atoms with van der Waals surface area (Å²) in [5.74, 6) is -1.43. The van der Waals surface area contributed by atoms with Crippen LogP contribution in [-0.4, -0.2) is 11.3 Å². The number of rotatable bonds is 2. The summed E-state index contributed by atoms with van der Waals surface area (Å²) < 4.78 is 79.5. The number of alkyl halides is 6. The zero-order valence-corrected chi connectivity index (χ0v) is 12.3. The molecule has 1 N–H and O–H groups in total. The maximum absolute atomic E-state index is 13.1. The molecule has 2 rings (SSSR count). The summed E-state index contributed by atoms with van der Waals surface area (Å²) in [6.45, 7) is 1.44. The van der Waals surface area contributed by atoms with Crippen molar-refractivity contribution in [2.75, 3.05) is 0 Å². The number of ether oxygens (including phenoxy) is 1. The van der Waals surface area contributed by atoms with Gasteiger partial charge in [-0.1, -0.05) is 6.07 Å². The average Bonchev–Trinajstić information content (AvgIpc) is 2.44. The van der Waals surface area contributed by atoms with E-state index in [2.05, 4.69) is 9.72 Å². The van der Waals surface area contributed by atoms with Gasteiger partial charge in [0.25, 0.3) is 5.56 Å². The van der Waals surface area contributed by atoms with Gasteiger partial charge in [0.2, 0.25) is 0 Å². The zero-order chi connectivity index (χ0) is 19.0. The second-order valence-electron chi connectivity index (χ2n) is 4.94. The van der Waals surface area contributed by atoms with Crippen LogP contribution < -0.4 is 10.3 Å². The lowest BCUT2D eigenvalue weighted by Crippen LogP contribution is -2.20. The third kappa shape index (κ3) is 4.12. The second-order valence-corrected chi connectivity index (χ2v) is 4.94. The molecule has 0 radical (unpaired) electrons. The van der Waals surface area contributed by atoms with Crippen molar-refractivity contribution in [2.24, 2.45) is 0 Å². The van der Waals surface area contributed by atoms with Crippen LogP contribution in [0.5, 0.6) is 5.75 Å². The van der Waals surface area contributed by atoms with Gasteiger partial charge in [-0.25, -0.2) is 0 Å². The zero-order valence-electron chi connectivity index (χ0n) is 12.3. The number of nitrogens with zero attached hydrogens (tertiary/aromatic N) is 1. The maximum atomic E-state index is 13.1. The Balaban J connectivity index is 2.71. The number of aromatic amines is 1. The van der Waals surface area contributed by atoms with Gasteiger partial charge in [0, 0.05) is 11.3 Å². The first kappa shape index (κ1) is 18.4. The Morgan fingerprint density at radius 1 is 1.12 bits per heavy atom. The molecule has 0 bridgehead atoms. The van der Waals surface area contributed by atoms with E-state index in [1.54, 1.807) is 6.07 Å². The number of nitriles is 1. The van der Waals surface area contributed by atoms with E-state index in [9.17, 15) is 31.1 Å². The minimum Gasteiger partial charge on any atom is -0.405 e. The number of hydrogen-bond donors (Lipinski definition) is 1. The monoisotopic (exact) mass is 362 g/mol. The molecule has 0 aliphatic carbocycles. The molecule has 0 fully saturated rings. The third-order valence-electron chi connectivity index (χ3n) is 3.10. The Morgan fingerprint density at radius 2 is 1.76 bits per heavy atom. The van der Waals surface area contributed by atoms with Crippen molar-refractivity contribution < 1.29 is 31.1 Å². The third-order valence-corrected chi connectivity index (χ3v) is 3.10. The SMILES string of the molecule is Cc1cc(-c2ccc(OC(F)(F)F)c(C(F)(F)F)c2)c(C#N)c(=O)[nH]1. The lowest BCUT2D eigenvalue weighted by atomic mass is 9.98. The summed E-state index contributed by atoms with van der Waals surface area (Å²) in [6.07, 6.45) is -10.4. The van der Waals surface area contributed by atoms with Crippen LogP contribution in [0, 0.1) is 18.3 Å². The molecule has 0 amide bonds. The highest BCUT2D eigenvalue weighted by atomic mass is 19.4. The minimum atomic E-state index is -5.31. The van der Waals surface area contributed by atoms with E-state index >= 15 is 0 Å². The van der Waals surface area contributed by atoms with E-state index in [1.165, 1.54) is 13.0 Å². The van der Waals surface area contributed by atoms with Crippen molar-refractivity contribution in [3.63, 3.8) is 0 Å². The molecule has 0 saturated carbocycles. The summed E-state index contributed by atoms with van der Waals surface area (Å²) in [7, 11) is 0. The van der Waals surface area contributed by atoms with Gasteiger partial charge in [0.1, 0.15) is 17.4 Å². The maximum Gasteiger partial charge on any atom is 0.573 e. The van der Waals surface area contributed by atoms with Gasteiger partial charge in [-0.15, -0.1) is 13.2 Å². The number of aryl methyl sites for hydroxylation is 1. The lowest BCUT2D eigenvalue weighted by molar-refractivity contribution is -0.276. The van der Waals surface area contributed by atoms with Crippen molar-refractivity contribution in [3.8, 4) is 22.9 Å². The van der Waals surface area contributed by atoms with Gasteiger partial charge in [-0.05, 0) is 30.7 Å². The van der Waals surface area contributed by atoms with E-state index in [4.69, 9.17) is 5.26 Å². The van der Waals surface area contributed by atoms with E-state index in [-0.39, 0.29) is 16.8 Å². The average molecular weight is 362 g/mol. The highest BCUT2D eigenvalue weighted by Crippen LogP contribution is 2.40. The molecule has 1 aromatic carbocycles. The summed E-state index contributed by atoms with van der Waals surface area (Å²) in [5, 5.41) is 9.02. The van der Waals surface area contributed by atoms with Crippen LogP contribution in [0.3, 0.4) is 0 Å². The van der Waals surface area contributed by atoms with Crippen LogP contribution >= 0.6 is 0 Å². The van der Waals surface area contributed by atoms with Crippen LogP contribution in [0.25, 0.3) is 11.1 Å². The molecular formula is C15H8F6N2O2. The van der Waals surface area contributed by atoms with Gasteiger partial charge in [0.15, 0.2) is 0 Å². The Morgan fingerprint density at radius 3 is 2.28 bits per heavy atom. The smallest absolute Gasteiger partial charge is 0.405 e. The Hall–Kier alpha value is -2.96. The Kier molecular flexibility index (Phi) is 4.53. The van der Waals surface area contributed by atoms with Crippen molar-refractivity contribution >= 4 is 0 Å². The van der Waals surface area contributed by atoms with Crippen LogP contribution in [-0.2, 0) is 6.18 Å². The second kappa shape index (κ2) is 6.16. The topological polar surface area (TPSA) is 65.9 Å².